The van der Waals surface area contributed by atoms with Gasteiger partial charge in [0.2, 0.25) is 5.91 Å². The van der Waals surface area contributed by atoms with Crippen LogP contribution in [-0.2, 0) is 16.0 Å². The monoisotopic (exact) mass is 480 g/mol. The number of aliphatic hydroxyl groups is 1. The lowest BCUT2D eigenvalue weighted by atomic mass is 9.79. The molecule has 0 saturated carbocycles. The summed E-state index contributed by atoms with van der Waals surface area (Å²) in [6.45, 7) is 0.141. The molecule has 1 amide bonds. The van der Waals surface area contributed by atoms with E-state index in [-0.39, 0.29) is 67.7 Å². The van der Waals surface area contributed by atoms with Crippen LogP contribution < -0.4 is 15.0 Å². The molecular formula is C23H23ClF2N2O5. The first-order chi connectivity index (χ1) is 15.7. The number of hydrogen-bond acceptors (Lipinski definition) is 5. The molecule has 3 N–H and O–H groups in total. The first kappa shape index (κ1) is 23.3. The molecule has 2 atom stereocenters. The fraction of sp³-hybridized carbons (Fsp3) is 0.391. The number of nitrogens with zero attached hydrogens (tertiary/aromatic N) is 1. The van der Waals surface area contributed by atoms with E-state index < -0.39 is 29.1 Å². The number of piperidine rings is 1. The number of benzene rings is 2. The van der Waals surface area contributed by atoms with E-state index in [4.69, 9.17) is 16.3 Å². The molecule has 2 aliphatic rings. The predicted octanol–water partition coefficient (Wildman–Crippen LogP) is 3.61. The number of nitrogens with one attached hydrogen (secondary N) is 1. The maximum Gasteiger partial charge on any atom is 0.303 e. The zero-order valence-electron chi connectivity index (χ0n) is 17.6. The Bertz CT molecular complexity index is 1100. The van der Waals surface area contributed by atoms with Crippen molar-refractivity contribution in [2.45, 2.75) is 31.3 Å². The summed E-state index contributed by atoms with van der Waals surface area (Å²) in [4.78, 5) is 24.8. The molecule has 0 bridgehead atoms. The van der Waals surface area contributed by atoms with Crippen LogP contribution in [-0.4, -0.2) is 47.4 Å². The maximum atomic E-state index is 14.4. The van der Waals surface area contributed by atoms with Crippen LogP contribution >= 0.6 is 11.6 Å². The smallest absolute Gasteiger partial charge is 0.303 e. The zero-order valence-corrected chi connectivity index (χ0v) is 18.4. The molecule has 2 aliphatic heterocycles. The summed E-state index contributed by atoms with van der Waals surface area (Å²) in [6.07, 6.45) is 0.255. The van der Waals surface area contributed by atoms with Crippen molar-refractivity contribution >= 4 is 34.9 Å². The number of aliphatic carboxylic acids is 1. The van der Waals surface area contributed by atoms with E-state index in [2.05, 4.69) is 5.32 Å². The molecule has 2 aromatic carbocycles. The molecule has 4 rings (SSSR count). The molecule has 0 aliphatic carbocycles. The van der Waals surface area contributed by atoms with Crippen LogP contribution in [0.3, 0.4) is 0 Å². The van der Waals surface area contributed by atoms with E-state index in [1.165, 1.54) is 24.3 Å². The molecule has 0 spiro atoms. The SMILES string of the molecule is O=C(O)C[C@@H]1CN(c2ccc(Cl)cc2F)CC[C@]1(O)COc1ccc(F)c2c1CCC(=O)N2. The fourth-order valence-corrected chi connectivity index (χ4v) is 4.59. The highest BCUT2D eigenvalue weighted by Gasteiger charge is 2.44. The average molecular weight is 481 g/mol. The van der Waals surface area contributed by atoms with Gasteiger partial charge in [-0.05, 0) is 43.2 Å². The van der Waals surface area contributed by atoms with Crippen molar-refractivity contribution in [1.29, 1.82) is 0 Å². The minimum atomic E-state index is -1.50. The van der Waals surface area contributed by atoms with Crippen LogP contribution in [0.4, 0.5) is 20.2 Å². The van der Waals surface area contributed by atoms with E-state index in [1.807, 2.05) is 0 Å². The number of carboxylic acid groups (broad SMARTS) is 1. The standard InChI is InChI=1S/C23H23ClF2N2O5/c24-14-1-4-18(17(26)10-14)28-8-7-23(32,13(11-28)9-21(30)31)12-33-19-5-3-16(25)22-15(19)2-6-20(29)27-22/h1,3-5,10,13,32H,2,6-9,11-12H2,(H,27,29)(H,30,31)/t13-,23+/m1/s1. The van der Waals surface area contributed by atoms with Crippen molar-refractivity contribution in [1.82, 2.24) is 0 Å². The third-order valence-corrected chi connectivity index (χ3v) is 6.49. The maximum absolute atomic E-state index is 14.4. The van der Waals surface area contributed by atoms with Crippen molar-refractivity contribution < 1.29 is 33.3 Å². The lowest BCUT2D eigenvalue weighted by Gasteiger charge is -2.45. The Hall–Kier alpha value is -2.91. The molecule has 176 valence electrons. The first-order valence-electron chi connectivity index (χ1n) is 10.5. The molecule has 2 heterocycles. The normalized spacial score (nSPS) is 22.5. The number of amides is 1. The van der Waals surface area contributed by atoms with E-state index in [1.54, 1.807) is 11.0 Å². The third kappa shape index (κ3) is 4.89. The Morgan fingerprint density at radius 2 is 2.03 bits per heavy atom. The van der Waals surface area contributed by atoms with E-state index >= 15 is 0 Å². The second-order valence-electron chi connectivity index (χ2n) is 8.43. The lowest BCUT2D eigenvalue weighted by Crippen LogP contribution is -2.55. The molecular weight excluding hydrogens is 458 g/mol. The number of hydrogen-bond donors (Lipinski definition) is 3. The Balaban J connectivity index is 1.54. The second kappa shape index (κ2) is 9.15. The largest absolute Gasteiger partial charge is 0.490 e. The molecule has 0 radical (unpaired) electrons. The number of carboxylic acids is 1. The minimum Gasteiger partial charge on any atom is -0.490 e. The van der Waals surface area contributed by atoms with Crippen molar-refractivity contribution in [2.24, 2.45) is 5.92 Å². The quantitative estimate of drug-likeness (QED) is 0.584. The van der Waals surface area contributed by atoms with Crippen LogP contribution in [0.5, 0.6) is 5.75 Å². The topological polar surface area (TPSA) is 99.1 Å². The van der Waals surface area contributed by atoms with Crippen molar-refractivity contribution in [3.63, 3.8) is 0 Å². The number of carbonyl (C=O) groups is 2. The number of anilines is 2. The van der Waals surface area contributed by atoms with Gasteiger partial charge in [-0.1, -0.05) is 11.6 Å². The molecule has 0 aromatic heterocycles. The minimum absolute atomic E-state index is 0.0610. The Morgan fingerprint density at radius 1 is 1.24 bits per heavy atom. The van der Waals surface area contributed by atoms with Gasteiger partial charge < -0.3 is 25.2 Å². The first-order valence-corrected chi connectivity index (χ1v) is 10.9. The summed E-state index contributed by atoms with van der Waals surface area (Å²) in [7, 11) is 0. The van der Waals surface area contributed by atoms with E-state index in [9.17, 15) is 28.6 Å². The predicted molar refractivity (Wildman–Crippen MR) is 118 cm³/mol. The van der Waals surface area contributed by atoms with Gasteiger partial charge in [0, 0.05) is 36.0 Å². The number of carbonyl (C=O) groups excluding carboxylic acids is 1. The second-order valence-corrected chi connectivity index (χ2v) is 8.86. The van der Waals surface area contributed by atoms with Crippen molar-refractivity contribution in [3.05, 3.63) is 52.6 Å². The van der Waals surface area contributed by atoms with Gasteiger partial charge in [-0.3, -0.25) is 9.59 Å². The highest BCUT2D eigenvalue weighted by Crippen LogP contribution is 2.38. The molecule has 1 fully saturated rings. The summed E-state index contributed by atoms with van der Waals surface area (Å²) in [5, 5.41) is 23.5. The zero-order chi connectivity index (χ0) is 23.8. The van der Waals surface area contributed by atoms with Gasteiger partial charge in [-0.25, -0.2) is 8.78 Å². The van der Waals surface area contributed by atoms with Gasteiger partial charge in [0.1, 0.15) is 29.6 Å². The van der Waals surface area contributed by atoms with Gasteiger partial charge in [0.05, 0.1) is 17.8 Å². The highest BCUT2D eigenvalue weighted by molar-refractivity contribution is 6.30. The van der Waals surface area contributed by atoms with Gasteiger partial charge in [-0.2, -0.15) is 0 Å². The molecule has 2 aromatic rings. The summed E-state index contributed by atoms with van der Waals surface area (Å²) >= 11 is 5.83. The van der Waals surface area contributed by atoms with Crippen LogP contribution in [0.25, 0.3) is 0 Å². The Morgan fingerprint density at radius 3 is 2.76 bits per heavy atom. The number of ether oxygens (including phenoxy) is 1. The molecule has 10 heteroatoms. The van der Waals surface area contributed by atoms with Gasteiger partial charge in [-0.15, -0.1) is 0 Å². The lowest BCUT2D eigenvalue weighted by molar-refractivity contribution is -0.143. The average Bonchev–Trinajstić information content (AvgIpc) is 2.75. The Labute approximate surface area is 193 Å². The van der Waals surface area contributed by atoms with Crippen LogP contribution in [0.1, 0.15) is 24.8 Å². The number of rotatable bonds is 6. The van der Waals surface area contributed by atoms with E-state index in [0.29, 0.717) is 11.3 Å². The van der Waals surface area contributed by atoms with E-state index in [0.717, 1.165) is 0 Å². The molecule has 33 heavy (non-hydrogen) atoms. The third-order valence-electron chi connectivity index (χ3n) is 6.25. The summed E-state index contributed by atoms with van der Waals surface area (Å²) in [5.41, 5.74) is -0.669. The molecule has 1 saturated heterocycles. The summed E-state index contributed by atoms with van der Waals surface area (Å²) in [6, 6.07) is 6.86. The van der Waals surface area contributed by atoms with Crippen molar-refractivity contribution in [2.75, 3.05) is 29.9 Å². The van der Waals surface area contributed by atoms with Crippen LogP contribution in [0, 0.1) is 17.6 Å². The highest BCUT2D eigenvalue weighted by atomic mass is 35.5. The summed E-state index contributed by atoms with van der Waals surface area (Å²) in [5.74, 6) is -2.93. The van der Waals surface area contributed by atoms with Crippen LogP contribution in [0.15, 0.2) is 30.3 Å². The summed E-state index contributed by atoms with van der Waals surface area (Å²) < 4.78 is 34.4. The Kier molecular flexibility index (Phi) is 6.45. The van der Waals surface area contributed by atoms with Gasteiger partial charge in [0.15, 0.2) is 0 Å². The molecule has 7 nitrogen and oxygen atoms in total. The molecule has 0 unspecified atom stereocenters. The number of halogens is 3. The van der Waals surface area contributed by atoms with Crippen LogP contribution in [0.2, 0.25) is 5.02 Å². The fourth-order valence-electron chi connectivity index (χ4n) is 4.43. The van der Waals surface area contributed by atoms with Gasteiger partial charge >= 0.3 is 5.97 Å². The van der Waals surface area contributed by atoms with Crippen molar-refractivity contribution in [3.8, 4) is 5.75 Å². The van der Waals surface area contributed by atoms with Gasteiger partial charge in [0.25, 0.3) is 0 Å². The number of fused-ring (bicyclic) bond motifs is 1.